The van der Waals surface area contributed by atoms with E-state index in [1.54, 1.807) is 0 Å². The first kappa shape index (κ1) is 23.0. The molecular weight excluding hydrogens is 402 g/mol. The van der Waals surface area contributed by atoms with Crippen LogP contribution >= 0.6 is 0 Å². The van der Waals surface area contributed by atoms with Crippen molar-refractivity contribution < 1.29 is 27.6 Å². The number of hydrogen-bond donors (Lipinski definition) is 1. The second kappa shape index (κ2) is 10.5. The molecule has 1 N–H and O–H groups in total. The van der Waals surface area contributed by atoms with Gasteiger partial charge in [-0.25, -0.2) is 13.2 Å². The molecule has 29 heavy (non-hydrogen) atoms. The van der Waals surface area contributed by atoms with E-state index in [9.17, 15) is 23.3 Å². The maximum absolute atomic E-state index is 12.9. The van der Waals surface area contributed by atoms with Crippen LogP contribution in [0.4, 0.5) is 10.5 Å². The molecule has 1 amide bonds. The van der Waals surface area contributed by atoms with E-state index < -0.39 is 21.0 Å². The van der Waals surface area contributed by atoms with Gasteiger partial charge in [-0.3, -0.25) is 10.1 Å². The predicted octanol–water partition coefficient (Wildman–Crippen LogP) is 2.15. The Balaban J connectivity index is 1.93. The van der Waals surface area contributed by atoms with Gasteiger partial charge in [-0.15, -0.1) is 0 Å². The zero-order valence-corrected chi connectivity index (χ0v) is 17.4. The summed E-state index contributed by atoms with van der Waals surface area (Å²) in [7, 11) is -3.81. The molecule has 1 atom stereocenters. The molecule has 0 saturated carbocycles. The molecule has 10 nitrogen and oxygen atoms in total. The Bertz CT molecular complexity index is 790. The summed E-state index contributed by atoms with van der Waals surface area (Å²) in [5, 5.41) is 13.4. The molecule has 1 unspecified atom stereocenters. The van der Waals surface area contributed by atoms with E-state index in [2.05, 4.69) is 5.32 Å². The third kappa shape index (κ3) is 6.94. The van der Waals surface area contributed by atoms with Crippen molar-refractivity contribution in [2.45, 2.75) is 37.7 Å². The first-order valence-electron chi connectivity index (χ1n) is 9.47. The number of hydrogen-bond acceptors (Lipinski definition) is 7. The number of nitrogens with zero attached hydrogens (tertiary/aromatic N) is 2. The van der Waals surface area contributed by atoms with Crippen molar-refractivity contribution >= 4 is 21.8 Å². The fraction of sp³-hybridized carbons (Fsp3) is 0.611. The van der Waals surface area contributed by atoms with Gasteiger partial charge in [0.15, 0.2) is 0 Å². The van der Waals surface area contributed by atoms with E-state index in [-0.39, 0.29) is 35.7 Å². The molecule has 0 aliphatic carbocycles. The van der Waals surface area contributed by atoms with Crippen LogP contribution in [0.15, 0.2) is 29.2 Å². The number of amides is 1. The van der Waals surface area contributed by atoms with Gasteiger partial charge in [0.25, 0.3) is 5.69 Å². The van der Waals surface area contributed by atoms with Gasteiger partial charge in [-0.05, 0) is 24.5 Å². The van der Waals surface area contributed by atoms with E-state index in [0.29, 0.717) is 32.6 Å². The molecule has 0 bridgehead atoms. The molecule has 1 fully saturated rings. The number of benzene rings is 1. The fourth-order valence-corrected chi connectivity index (χ4v) is 4.49. The molecule has 1 saturated heterocycles. The summed E-state index contributed by atoms with van der Waals surface area (Å²) in [5.74, 6) is 0.0862. The maximum atomic E-state index is 12.9. The van der Waals surface area contributed by atoms with E-state index >= 15 is 0 Å². The summed E-state index contributed by atoms with van der Waals surface area (Å²) in [5.41, 5.74) is -0.172. The molecule has 11 heteroatoms. The number of nitro benzene ring substituents is 1. The van der Waals surface area contributed by atoms with Crippen molar-refractivity contribution in [2.75, 3.05) is 32.8 Å². The smallest absolute Gasteiger partial charge is 0.407 e. The highest BCUT2D eigenvalue weighted by Gasteiger charge is 2.26. The summed E-state index contributed by atoms with van der Waals surface area (Å²) < 4.78 is 37.5. The third-order valence-electron chi connectivity index (χ3n) is 4.27. The average molecular weight is 429 g/mol. The van der Waals surface area contributed by atoms with Gasteiger partial charge in [0.05, 0.1) is 23.0 Å². The van der Waals surface area contributed by atoms with Crippen LogP contribution in [-0.4, -0.2) is 62.7 Å². The van der Waals surface area contributed by atoms with Gasteiger partial charge in [-0.1, -0.05) is 13.8 Å². The Labute approximate surface area is 170 Å². The Morgan fingerprint density at radius 2 is 2.07 bits per heavy atom. The Hall–Kier alpha value is -2.24. The highest BCUT2D eigenvalue weighted by Crippen LogP contribution is 2.20. The van der Waals surface area contributed by atoms with Crippen LogP contribution in [0.3, 0.4) is 0 Å². The van der Waals surface area contributed by atoms with Crippen LogP contribution < -0.4 is 5.32 Å². The number of alkyl carbamates (subject to hydrolysis) is 1. The third-order valence-corrected chi connectivity index (χ3v) is 6.15. The summed E-state index contributed by atoms with van der Waals surface area (Å²) in [6, 6.07) is 4.82. The molecule has 1 heterocycles. The molecule has 0 aromatic heterocycles. The van der Waals surface area contributed by atoms with Gasteiger partial charge < -0.3 is 14.8 Å². The summed E-state index contributed by atoms with van der Waals surface area (Å²) in [6.45, 7) is 5.52. The van der Waals surface area contributed by atoms with Crippen LogP contribution in [0.1, 0.15) is 26.7 Å². The van der Waals surface area contributed by atoms with E-state index in [1.807, 2.05) is 13.8 Å². The minimum absolute atomic E-state index is 0.00245. The van der Waals surface area contributed by atoms with Crippen molar-refractivity contribution in [3.8, 4) is 0 Å². The second-order valence-corrected chi connectivity index (χ2v) is 9.12. The van der Waals surface area contributed by atoms with E-state index in [4.69, 9.17) is 9.47 Å². The normalized spacial score (nSPS) is 16.9. The minimum atomic E-state index is -3.81. The Kier molecular flexibility index (Phi) is 8.35. The first-order valence-corrected chi connectivity index (χ1v) is 10.9. The monoisotopic (exact) mass is 429 g/mol. The van der Waals surface area contributed by atoms with Gasteiger partial charge in [0, 0.05) is 38.2 Å². The Morgan fingerprint density at radius 3 is 2.62 bits per heavy atom. The minimum Gasteiger partial charge on any atom is -0.444 e. The van der Waals surface area contributed by atoms with Gasteiger partial charge in [0.2, 0.25) is 10.0 Å². The van der Waals surface area contributed by atoms with Crippen molar-refractivity contribution in [3.05, 3.63) is 34.4 Å². The van der Waals surface area contributed by atoms with Crippen LogP contribution in [0.2, 0.25) is 0 Å². The molecule has 0 spiro atoms. The molecule has 1 aromatic carbocycles. The predicted molar refractivity (Wildman–Crippen MR) is 105 cm³/mol. The quantitative estimate of drug-likeness (QED) is 0.343. The van der Waals surface area contributed by atoms with Crippen molar-refractivity contribution in [1.29, 1.82) is 0 Å². The standard InChI is InChI=1S/C18H27N3O7S/c1-14(2)12-20(10-3-9-19-18(22)28-16-8-11-27-13-16)29(25,26)17-6-4-15(5-7-17)21(23)24/h4-7,14,16H,3,8-13H2,1-2H3,(H,19,22). The van der Waals surface area contributed by atoms with E-state index in [0.717, 1.165) is 0 Å². The Morgan fingerprint density at radius 1 is 1.38 bits per heavy atom. The summed E-state index contributed by atoms with van der Waals surface area (Å²) in [6.07, 6.45) is 0.280. The van der Waals surface area contributed by atoms with Crippen LogP contribution in [0.25, 0.3) is 0 Å². The highest BCUT2D eigenvalue weighted by atomic mass is 32.2. The number of ether oxygens (including phenoxy) is 2. The SMILES string of the molecule is CC(C)CN(CCCNC(=O)OC1CCOC1)S(=O)(=O)c1ccc([N+](=O)[O-])cc1. The number of non-ortho nitro benzene ring substituents is 1. The first-order chi connectivity index (χ1) is 13.7. The van der Waals surface area contributed by atoms with Gasteiger partial charge in [-0.2, -0.15) is 4.31 Å². The van der Waals surface area contributed by atoms with E-state index in [1.165, 1.54) is 28.6 Å². The van der Waals surface area contributed by atoms with Crippen LogP contribution in [-0.2, 0) is 19.5 Å². The molecule has 1 aliphatic rings. The topological polar surface area (TPSA) is 128 Å². The number of nitrogens with one attached hydrogen (secondary N) is 1. The van der Waals surface area contributed by atoms with Crippen molar-refractivity contribution in [2.24, 2.45) is 5.92 Å². The number of carbonyl (C=O) groups excluding carboxylic acids is 1. The number of carbonyl (C=O) groups is 1. The zero-order valence-electron chi connectivity index (χ0n) is 16.6. The lowest BCUT2D eigenvalue weighted by Crippen LogP contribution is -2.37. The van der Waals surface area contributed by atoms with Crippen LogP contribution in [0, 0.1) is 16.0 Å². The van der Waals surface area contributed by atoms with Crippen LogP contribution in [0.5, 0.6) is 0 Å². The molecule has 1 aromatic rings. The fourth-order valence-electron chi connectivity index (χ4n) is 2.85. The lowest BCUT2D eigenvalue weighted by Gasteiger charge is -2.24. The van der Waals surface area contributed by atoms with Gasteiger partial charge in [0.1, 0.15) is 6.10 Å². The lowest BCUT2D eigenvalue weighted by molar-refractivity contribution is -0.384. The largest absolute Gasteiger partial charge is 0.444 e. The number of nitro groups is 1. The highest BCUT2D eigenvalue weighted by molar-refractivity contribution is 7.89. The molecule has 1 aliphatic heterocycles. The van der Waals surface area contributed by atoms with Gasteiger partial charge >= 0.3 is 6.09 Å². The molecule has 2 rings (SSSR count). The number of rotatable bonds is 10. The summed E-state index contributed by atoms with van der Waals surface area (Å²) >= 11 is 0. The zero-order chi connectivity index (χ0) is 21.4. The molecule has 162 valence electrons. The number of sulfonamides is 1. The van der Waals surface area contributed by atoms with Crippen molar-refractivity contribution in [3.63, 3.8) is 0 Å². The maximum Gasteiger partial charge on any atom is 0.407 e. The molecule has 0 radical (unpaired) electrons. The summed E-state index contributed by atoms with van der Waals surface area (Å²) in [4.78, 5) is 21.9. The average Bonchev–Trinajstić information content (AvgIpc) is 3.16. The second-order valence-electron chi connectivity index (χ2n) is 7.18. The lowest BCUT2D eigenvalue weighted by atomic mass is 10.2. The van der Waals surface area contributed by atoms with Crippen molar-refractivity contribution in [1.82, 2.24) is 9.62 Å². The molecular formula is C18H27N3O7S.